The number of aryl methyl sites for hydroxylation is 2. The average molecular weight is 303 g/mol. The van der Waals surface area contributed by atoms with E-state index in [0.29, 0.717) is 19.6 Å². The van der Waals surface area contributed by atoms with E-state index in [1.165, 1.54) is 11.1 Å². The maximum absolute atomic E-state index is 12.6. The van der Waals surface area contributed by atoms with Crippen molar-refractivity contribution >= 4 is 5.91 Å². The van der Waals surface area contributed by atoms with Gasteiger partial charge in [0.15, 0.2) is 0 Å². The molecule has 120 valence electrons. The molecule has 0 aromatic heterocycles. The SMILES string of the molecule is CO[C@H]1CC[C@H]2[C@H]1OCCN2C(=O)CCc1ccccc1C. The number of fused-ring (bicyclic) bond motifs is 1. The molecule has 0 unspecified atom stereocenters. The predicted molar refractivity (Wildman–Crippen MR) is 84.8 cm³/mol. The third-order valence-electron chi connectivity index (χ3n) is 5.03. The Morgan fingerprint density at radius 2 is 2.18 bits per heavy atom. The Bertz CT molecular complexity index is 531. The standard InChI is InChI=1S/C18H25NO3/c1-13-5-3-4-6-14(13)7-10-17(20)19-11-12-22-18-15(19)8-9-16(18)21-2/h3-6,15-16,18H,7-12H2,1-2H3/t15-,16-,18+/m0/s1. The van der Waals surface area contributed by atoms with Gasteiger partial charge in [-0.15, -0.1) is 0 Å². The third kappa shape index (κ3) is 3.03. The molecule has 3 atom stereocenters. The first-order valence-electron chi connectivity index (χ1n) is 8.19. The van der Waals surface area contributed by atoms with Crippen LogP contribution in [0.15, 0.2) is 24.3 Å². The monoisotopic (exact) mass is 303 g/mol. The summed E-state index contributed by atoms with van der Waals surface area (Å²) < 4.78 is 11.3. The van der Waals surface area contributed by atoms with Crippen LogP contribution in [-0.4, -0.2) is 49.3 Å². The minimum Gasteiger partial charge on any atom is -0.379 e. The summed E-state index contributed by atoms with van der Waals surface area (Å²) in [6.45, 7) is 3.44. The van der Waals surface area contributed by atoms with Gasteiger partial charge in [0.05, 0.1) is 18.8 Å². The van der Waals surface area contributed by atoms with Gasteiger partial charge in [-0.05, 0) is 37.3 Å². The summed E-state index contributed by atoms with van der Waals surface area (Å²) in [5.41, 5.74) is 2.53. The highest BCUT2D eigenvalue weighted by Crippen LogP contribution is 2.32. The molecular weight excluding hydrogens is 278 g/mol. The first-order valence-corrected chi connectivity index (χ1v) is 8.19. The van der Waals surface area contributed by atoms with E-state index in [0.717, 1.165) is 19.3 Å². The molecule has 1 aromatic rings. The van der Waals surface area contributed by atoms with E-state index in [-0.39, 0.29) is 24.2 Å². The molecule has 4 heteroatoms. The lowest BCUT2D eigenvalue weighted by molar-refractivity contribution is -0.149. The molecule has 0 N–H and O–H groups in total. The zero-order valence-corrected chi connectivity index (χ0v) is 13.5. The largest absolute Gasteiger partial charge is 0.379 e. The number of nitrogens with zero attached hydrogens (tertiary/aromatic N) is 1. The normalized spacial score (nSPS) is 27.7. The second-order valence-electron chi connectivity index (χ2n) is 6.27. The quantitative estimate of drug-likeness (QED) is 0.857. The van der Waals surface area contributed by atoms with E-state index >= 15 is 0 Å². The summed E-state index contributed by atoms with van der Waals surface area (Å²) >= 11 is 0. The van der Waals surface area contributed by atoms with Gasteiger partial charge in [-0.1, -0.05) is 24.3 Å². The fourth-order valence-electron chi connectivity index (χ4n) is 3.75. The van der Waals surface area contributed by atoms with Gasteiger partial charge >= 0.3 is 0 Å². The Hall–Kier alpha value is -1.39. The van der Waals surface area contributed by atoms with Gasteiger partial charge in [-0.2, -0.15) is 0 Å². The summed E-state index contributed by atoms with van der Waals surface area (Å²) in [5.74, 6) is 0.248. The highest BCUT2D eigenvalue weighted by Gasteiger charge is 2.44. The van der Waals surface area contributed by atoms with Crippen LogP contribution in [0.2, 0.25) is 0 Å². The number of carbonyl (C=O) groups is 1. The van der Waals surface area contributed by atoms with Crippen molar-refractivity contribution in [2.75, 3.05) is 20.3 Å². The van der Waals surface area contributed by atoms with E-state index in [1.54, 1.807) is 7.11 Å². The van der Waals surface area contributed by atoms with Crippen molar-refractivity contribution in [1.29, 1.82) is 0 Å². The van der Waals surface area contributed by atoms with Crippen molar-refractivity contribution in [3.8, 4) is 0 Å². The average Bonchev–Trinajstić information content (AvgIpc) is 2.97. The summed E-state index contributed by atoms with van der Waals surface area (Å²) in [5, 5.41) is 0. The molecule has 2 fully saturated rings. The number of benzene rings is 1. The van der Waals surface area contributed by atoms with Crippen LogP contribution in [0.25, 0.3) is 0 Å². The Kier molecular flexibility index (Phi) is 4.79. The molecule has 1 saturated carbocycles. The molecular formula is C18H25NO3. The number of hydrogen-bond donors (Lipinski definition) is 0. The molecule has 2 aliphatic rings. The molecule has 4 nitrogen and oxygen atoms in total. The van der Waals surface area contributed by atoms with Crippen LogP contribution in [0.3, 0.4) is 0 Å². The highest BCUT2D eigenvalue weighted by molar-refractivity contribution is 5.77. The minimum absolute atomic E-state index is 0.0566. The number of ether oxygens (including phenoxy) is 2. The predicted octanol–water partition coefficient (Wildman–Crippen LogP) is 2.33. The lowest BCUT2D eigenvalue weighted by Crippen LogP contribution is -2.53. The molecule has 1 amide bonds. The molecule has 3 rings (SSSR count). The summed E-state index contributed by atoms with van der Waals surface area (Å²) in [6, 6.07) is 8.49. The van der Waals surface area contributed by atoms with Crippen molar-refractivity contribution in [2.45, 2.75) is 50.9 Å². The molecule has 1 aliphatic heterocycles. The number of morpholine rings is 1. The molecule has 1 aliphatic carbocycles. The van der Waals surface area contributed by atoms with Crippen LogP contribution in [0.5, 0.6) is 0 Å². The smallest absolute Gasteiger partial charge is 0.223 e. The Morgan fingerprint density at radius 1 is 1.36 bits per heavy atom. The van der Waals surface area contributed by atoms with Gasteiger partial charge in [0.25, 0.3) is 0 Å². The molecule has 0 bridgehead atoms. The van der Waals surface area contributed by atoms with Gasteiger partial charge in [-0.3, -0.25) is 4.79 Å². The number of hydrogen-bond acceptors (Lipinski definition) is 3. The zero-order chi connectivity index (χ0) is 15.5. The number of amides is 1. The Morgan fingerprint density at radius 3 is 2.95 bits per heavy atom. The van der Waals surface area contributed by atoms with Crippen molar-refractivity contribution in [1.82, 2.24) is 4.90 Å². The summed E-state index contributed by atoms with van der Waals surface area (Å²) in [7, 11) is 1.73. The van der Waals surface area contributed by atoms with Crippen molar-refractivity contribution < 1.29 is 14.3 Å². The van der Waals surface area contributed by atoms with E-state index in [2.05, 4.69) is 19.1 Å². The third-order valence-corrected chi connectivity index (χ3v) is 5.03. The van der Waals surface area contributed by atoms with Gasteiger partial charge in [0, 0.05) is 20.1 Å². The molecule has 22 heavy (non-hydrogen) atoms. The number of methoxy groups -OCH3 is 1. The highest BCUT2D eigenvalue weighted by atomic mass is 16.5. The van der Waals surface area contributed by atoms with Gasteiger partial charge < -0.3 is 14.4 Å². The van der Waals surface area contributed by atoms with E-state index in [4.69, 9.17) is 9.47 Å². The second-order valence-corrected chi connectivity index (χ2v) is 6.27. The van der Waals surface area contributed by atoms with E-state index < -0.39 is 0 Å². The number of rotatable bonds is 4. The lowest BCUT2D eigenvalue weighted by atomic mass is 10.0. The van der Waals surface area contributed by atoms with Crippen molar-refractivity contribution in [2.24, 2.45) is 0 Å². The first kappa shape index (κ1) is 15.5. The van der Waals surface area contributed by atoms with E-state index in [9.17, 15) is 4.79 Å². The van der Waals surface area contributed by atoms with Crippen LogP contribution in [0.1, 0.15) is 30.4 Å². The Labute approximate surface area is 132 Å². The van der Waals surface area contributed by atoms with Gasteiger partial charge in [0.1, 0.15) is 6.10 Å². The Balaban J connectivity index is 1.61. The second kappa shape index (κ2) is 6.80. The molecule has 0 spiro atoms. The zero-order valence-electron chi connectivity index (χ0n) is 13.5. The van der Waals surface area contributed by atoms with Crippen LogP contribution >= 0.6 is 0 Å². The van der Waals surface area contributed by atoms with Crippen LogP contribution in [0, 0.1) is 6.92 Å². The van der Waals surface area contributed by atoms with Crippen LogP contribution in [0.4, 0.5) is 0 Å². The fraction of sp³-hybridized carbons (Fsp3) is 0.611. The van der Waals surface area contributed by atoms with Crippen LogP contribution < -0.4 is 0 Å². The van der Waals surface area contributed by atoms with Gasteiger partial charge in [0.2, 0.25) is 5.91 Å². The molecule has 1 saturated heterocycles. The van der Waals surface area contributed by atoms with Crippen LogP contribution in [-0.2, 0) is 20.7 Å². The van der Waals surface area contributed by atoms with Gasteiger partial charge in [-0.25, -0.2) is 0 Å². The topological polar surface area (TPSA) is 38.8 Å². The maximum atomic E-state index is 12.6. The summed E-state index contributed by atoms with van der Waals surface area (Å²) in [4.78, 5) is 14.7. The minimum atomic E-state index is 0.0566. The molecule has 0 radical (unpaired) electrons. The van der Waals surface area contributed by atoms with E-state index in [1.807, 2.05) is 17.0 Å². The first-order chi connectivity index (χ1) is 10.7. The van der Waals surface area contributed by atoms with Crippen molar-refractivity contribution in [3.05, 3.63) is 35.4 Å². The molecule has 1 aromatic carbocycles. The van der Waals surface area contributed by atoms with Crippen molar-refractivity contribution in [3.63, 3.8) is 0 Å². The number of carbonyl (C=O) groups excluding carboxylic acids is 1. The molecule has 1 heterocycles. The maximum Gasteiger partial charge on any atom is 0.223 e. The summed E-state index contributed by atoms with van der Waals surface area (Å²) in [6.07, 6.45) is 3.55. The fourth-order valence-corrected chi connectivity index (χ4v) is 3.75. The lowest BCUT2D eigenvalue weighted by Gasteiger charge is -2.39.